The van der Waals surface area contributed by atoms with Crippen LogP contribution in [-0.2, 0) is 11.3 Å². The summed E-state index contributed by atoms with van der Waals surface area (Å²) in [5.41, 5.74) is 1.33. The molecule has 1 aromatic carbocycles. The molecule has 2 N–H and O–H groups in total. The van der Waals surface area contributed by atoms with Gasteiger partial charge in [-0.3, -0.25) is 14.5 Å². The first-order valence-electron chi connectivity index (χ1n) is 10.5. The lowest BCUT2D eigenvalue weighted by Gasteiger charge is -2.29. The number of nitrogens with zero attached hydrogens (tertiary/aromatic N) is 2. The van der Waals surface area contributed by atoms with Crippen LogP contribution >= 0.6 is 34.7 Å². The Balaban J connectivity index is 1.59. The summed E-state index contributed by atoms with van der Waals surface area (Å²) in [4.78, 5) is 32.5. The van der Waals surface area contributed by atoms with Gasteiger partial charge in [-0.25, -0.2) is 4.98 Å². The maximum Gasteiger partial charge on any atom is 0.253 e. The topological polar surface area (TPSA) is 74.3 Å². The minimum Gasteiger partial charge on any atom is -0.340 e. The zero-order chi connectivity index (χ0) is 22.2. The second kappa shape index (κ2) is 11.9. The van der Waals surface area contributed by atoms with Crippen LogP contribution in [0.2, 0.25) is 5.02 Å². The molecular formula is C22H29ClN4O2S2. The van der Waals surface area contributed by atoms with E-state index >= 15 is 0 Å². The summed E-state index contributed by atoms with van der Waals surface area (Å²) in [5, 5.41) is 8.62. The zero-order valence-corrected chi connectivity index (χ0v) is 20.3. The van der Waals surface area contributed by atoms with E-state index in [0.717, 1.165) is 37.0 Å². The molecule has 1 fully saturated rings. The Morgan fingerprint density at radius 1 is 1.32 bits per heavy atom. The molecule has 1 unspecified atom stereocenters. The summed E-state index contributed by atoms with van der Waals surface area (Å²) in [6.07, 6.45) is 4.93. The molecule has 0 radical (unpaired) electrons. The Morgan fingerprint density at radius 2 is 2.06 bits per heavy atom. The van der Waals surface area contributed by atoms with Crippen molar-refractivity contribution in [3.8, 4) is 0 Å². The quantitative estimate of drug-likeness (QED) is 0.552. The van der Waals surface area contributed by atoms with Crippen LogP contribution in [-0.4, -0.2) is 52.8 Å². The van der Waals surface area contributed by atoms with Crippen LogP contribution in [0, 0.1) is 5.92 Å². The molecule has 1 saturated heterocycles. The Hall–Kier alpha value is -1.61. The Morgan fingerprint density at radius 3 is 2.77 bits per heavy atom. The smallest absolute Gasteiger partial charge is 0.253 e. The maximum absolute atomic E-state index is 12.9. The zero-order valence-electron chi connectivity index (χ0n) is 17.9. The Kier molecular flexibility index (Phi) is 9.19. The second-order valence-electron chi connectivity index (χ2n) is 7.88. The Bertz CT molecular complexity index is 884. The van der Waals surface area contributed by atoms with Gasteiger partial charge in [-0.15, -0.1) is 11.3 Å². The summed E-state index contributed by atoms with van der Waals surface area (Å²) >= 11 is 9.17. The van der Waals surface area contributed by atoms with Crippen LogP contribution < -0.4 is 10.6 Å². The fraction of sp³-hybridized carbons (Fsp3) is 0.500. The summed E-state index contributed by atoms with van der Waals surface area (Å²) in [5.74, 6) is 0.922. The third-order valence-corrected chi connectivity index (χ3v) is 7.17. The van der Waals surface area contributed by atoms with E-state index in [1.807, 2.05) is 11.6 Å². The lowest BCUT2D eigenvalue weighted by Crippen LogP contribution is -2.44. The fourth-order valence-corrected chi connectivity index (χ4v) is 4.86. The standard InChI is InChI=1S/C22H29ClN4O2S2/c1-15-7-10-27(11-8-15)13-16-14-31-22(24-16)26-21(29)19(9-12-30-2)25-20(28)17-5-3-4-6-18(17)23/h3-6,14-15,19H,7-13H2,1-2H3,(H,25,28)(H,24,26,29). The van der Waals surface area contributed by atoms with Gasteiger partial charge in [0.05, 0.1) is 16.3 Å². The van der Waals surface area contributed by atoms with Gasteiger partial charge < -0.3 is 10.6 Å². The van der Waals surface area contributed by atoms with Gasteiger partial charge in [0.1, 0.15) is 6.04 Å². The molecule has 2 amide bonds. The number of piperidine rings is 1. The number of halogens is 1. The molecule has 0 bridgehead atoms. The highest BCUT2D eigenvalue weighted by Crippen LogP contribution is 2.21. The van der Waals surface area contributed by atoms with Gasteiger partial charge >= 0.3 is 0 Å². The number of anilines is 1. The number of hydrogen-bond donors (Lipinski definition) is 2. The minimum atomic E-state index is -0.660. The van der Waals surface area contributed by atoms with Crippen molar-refractivity contribution in [2.24, 2.45) is 5.92 Å². The lowest BCUT2D eigenvalue weighted by atomic mass is 9.99. The molecule has 2 aromatic rings. The van der Waals surface area contributed by atoms with Gasteiger partial charge in [0.15, 0.2) is 5.13 Å². The molecule has 2 heterocycles. The van der Waals surface area contributed by atoms with Gasteiger partial charge in [0.2, 0.25) is 5.91 Å². The molecule has 0 spiro atoms. The van der Waals surface area contributed by atoms with Crippen LogP contribution in [0.4, 0.5) is 5.13 Å². The minimum absolute atomic E-state index is 0.262. The number of benzene rings is 1. The summed E-state index contributed by atoms with van der Waals surface area (Å²) < 4.78 is 0. The second-order valence-corrected chi connectivity index (χ2v) is 10.1. The lowest BCUT2D eigenvalue weighted by molar-refractivity contribution is -0.118. The molecule has 0 aliphatic carbocycles. The fourth-order valence-electron chi connectivity index (χ4n) is 3.46. The van der Waals surface area contributed by atoms with E-state index in [-0.39, 0.29) is 11.8 Å². The predicted molar refractivity (Wildman–Crippen MR) is 130 cm³/mol. The van der Waals surface area contributed by atoms with Crippen molar-refractivity contribution in [1.82, 2.24) is 15.2 Å². The number of rotatable bonds is 9. The van der Waals surface area contributed by atoms with Crippen molar-refractivity contribution in [1.29, 1.82) is 0 Å². The molecule has 0 saturated carbocycles. The Labute approximate surface area is 197 Å². The number of amides is 2. The van der Waals surface area contributed by atoms with Crippen molar-refractivity contribution in [3.05, 3.63) is 45.9 Å². The first-order chi connectivity index (χ1) is 15.0. The van der Waals surface area contributed by atoms with Gasteiger partial charge in [-0.2, -0.15) is 11.8 Å². The summed E-state index contributed by atoms with van der Waals surface area (Å²) in [6.45, 7) is 5.28. The number of aromatic nitrogens is 1. The van der Waals surface area contributed by atoms with Crippen molar-refractivity contribution < 1.29 is 9.59 Å². The maximum atomic E-state index is 12.9. The average molecular weight is 481 g/mol. The third-order valence-electron chi connectivity index (χ3n) is 5.39. The van der Waals surface area contributed by atoms with Gasteiger partial charge in [0.25, 0.3) is 5.91 Å². The molecule has 6 nitrogen and oxygen atoms in total. The molecule has 1 aliphatic rings. The summed E-state index contributed by atoms with van der Waals surface area (Å²) in [7, 11) is 0. The van der Waals surface area contributed by atoms with E-state index < -0.39 is 6.04 Å². The normalized spacial score (nSPS) is 16.1. The third kappa shape index (κ3) is 7.20. The van der Waals surface area contributed by atoms with Gasteiger partial charge in [-0.05, 0) is 62.4 Å². The highest BCUT2D eigenvalue weighted by Gasteiger charge is 2.23. The molecule has 1 atom stereocenters. The number of carbonyl (C=O) groups excluding carboxylic acids is 2. The van der Waals surface area contributed by atoms with E-state index in [0.29, 0.717) is 22.1 Å². The van der Waals surface area contributed by atoms with Crippen LogP contribution in [0.15, 0.2) is 29.6 Å². The van der Waals surface area contributed by atoms with E-state index in [2.05, 4.69) is 27.4 Å². The largest absolute Gasteiger partial charge is 0.340 e. The van der Waals surface area contributed by atoms with Crippen LogP contribution in [0.5, 0.6) is 0 Å². The van der Waals surface area contributed by atoms with Crippen LogP contribution in [0.3, 0.4) is 0 Å². The number of thiazole rings is 1. The van der Waals surface area contributed by atoms with Gasteiger partial charge in [0, 0.05) is 11.9 Å². The molecule has 1 aliphatic heterocycles. The SMILES string of the molecule is CSCCC(NC(=O)c1ccccc1Cl)C(=O)Nc1nc(CN2CCC(C)CC2)cs1. The molecular weight excluding hydrogens is 452 g/mol. The highest BCUT2D eigenvalue weighted by molar-refractivity contribution is 7.98. The number of thioether (sulfide) groups is 1. The van der Waals surface area contributed by atoms with Crippen molar-refractivity contribution in [2.75, 3.05) is 30.4 Å². The van der Waals surface area contributed by atoms with E-state index in [1.54, 1.807) is 36.0 Å². The van der Waals surface area contributed by atoms with E-state index in [4.69, 9.17) is 11.6 Å². The molecule has 168 valence electrons. The monoisotopic (exact) mass is 480 g/mol. The number of likely N-dealkylation sites (tertiary alicyclic amines) is 1. The van der Waals surface area contributed by atoms with E-state index in [9.17, 15) is 9.59 Å². The van der Waals surface area contributed by atoms with Crippen molar-refractivity contribution >= 4 is 51.6 Å². The molecule has 31 heavy (non-hydrogen) atoms. The molecule has 9 heteroatoms. The number of carbonyl (C=O) groups is 2. The average Bonchev–Trinajstić information content (AvgIpc) is 3.19. The van der Waals surface area contributed by atoms with Crippen molar-refractivity contribution in [3.63, 3.8) is 0 Å². The number of nitrogens with one attached hydrogen (secondary N) is 2. The predicted octanol–water partition coefficient (Wildman–Crippen LogP) is 4.52. The first kappa shape index (κ1) is 24.0. The van der Waals surface area contributed by atoms with Crippen molar-refractivity contribution in [2.45, 2.75) is 38.8 Å². The summed E-state index contributed by atoms with van der Waals surface area (Å²) in [6, 6.07) is 6.16. The van der Waals surface area contributed by atoms with E-state index in [1.165, 1.54) is 24.2 Å². The van der Waals surface area contributed by atoms with Crippen LogP contribution in [0.25, 0.3) is 0 Å². The molecule has 3 rings (SSSR count). The van der Waals surface area contributed by atoms with Crippen LogP contribution in [0.1, 0.15) is 42.2 Å². The van der Waals surface area contributed by atoms with Gasteiger partial charge in [-0.1, -0.05) is 30.7 Å². The highest BCUT2D eigenvalue weighted by atomic mass is 35.5. The first-order valence-corrected chi connectivity index (χ1v) is 13.1. The molecule has 1 aromatic heterocycles. The number of hydrogen-bond acceptors (Lipinski definition) is 6.